The van der Waals surface area contributed by atoms with E-state index in [1.165, 1.54) is 6.26 Å². The fourth-order valence-corrected chi connectivity index (χ4v) is 4.71. The van der Waals surface area contributed by atoms with E-state index in [1.54, 1.807) is 11.8 Å². The molecule has 0 aromatic rings. The van der Waals surface area contributed by atoms with Gasteiger partial charge in [-0.05, 0) is 26.7 Å². The van der Waals surface area contributed by atoms with Crippen LogP contribution in [0.5, 0.6) is 0 Å². The van der Waals surface area contributed by atoms with Crippen LogP contribution in [0.15, 0.2) is 4.99 Å². The molecule has 2 aliphatic heterocycles. The van der Waals surface area contributed by atoms with Crippen molar-refractivity contribution in [3.8, 4) is 0 Å². The predicted octanol–water partition coefficient (Wildman–Crippen LogP) is 0.556. The Hall–Kier alpha value is -0.310. The van der Waals surface area contributed by atoms with Gasteiger partial charge in [0.2, 0.25) is 10.0 Å². The van der Waals surface area contributed by atoms with E-state index in [2.05, 4.69) is 15.0 Å². The van der Waals surface area contributed by atoms with Gasteiger partial charge in [-0.2, -0.15) is 0 Å². The van der Waals surface area contributed by atoms with Gasteiger partial charge >= 0.3 is 0 Å². The van der Waals surface area contributed by atoms with Crippen LogP contribution >= 0.6 is 11.8 Å². The van der Waals surface area contributed by atoms with E-state index < -0.39 is 15.6 Å². The molecular weight excluding hydrogens is 298 g/mol. The molecule has 0 radical (unpaired) electrons. The Labute approximate surface area is 125 Å². The second-order valence-corrected chi connectivity index (χ2v) is 8.90. The lowest BCUT2D eigenvalue weighted by Gasteiger charge is -2.32. The van der Waals surface area contributed by atoms with E-state index in [0.717, 1.165) is 37.0 Å². The van der Waals surface area contributed by atoms with Crippen molar-refractivity contribution >= 4 is 27.0 Å². The fourth-order valence-electron chi connectivity index (χ4n) is 2.43. The number of aliphatic imine (C=N–C) groups is 1. The fraction of sp³-hybridized carbons (Fsp3) is 0.917. The molecule has 0 bridgehead atoms. The Morgan fingerprint density at radius 1 is 1.45 bits per heavy atom. The molecule has 0 saturated carbocycles. The third-order valence-electron chi connectivity index (χ3n) is 3.39. The van der Waals surface area contributed by atoms with E-state index in [1.807, 2.05) is 13.8 Å². The van der Waals surface area contributed by atoms with Crippen molar-refractivity contribution in [2.24, 2.45) is 4.99 Å². The van der Waals surface area contributed by atoms with E-state index in [4.69, 9.17) is 4.74 Å². The maximum absolute atomic E-state index is 11.3. The van der Waals surface area contributed by atoms with Crippen LogP contribution in [0.1, 0.15) is 26.7 Å². The number of thioether (sulfide) groups is 1. The van der Waals surface area contributed by atoms with Gasteiger partial charge in [0.25, 0.3) is 0 Å². The van der Waals surface area contributed by atoms with E-state index in [9.17, 15) is 8.42 Å². The van der Waals surface area contributed by atoms with Crippen LogP contribution in [0.25, 0.3) is 0 Å². The van der Waals surface area contributed by atoms with Gasteiger partial charge in [0, 0.05) is 24.5 Å². The Bertz CT molecular complexity index is 482. The maximum Gasteiger partial charge on any atom is 0.209 e. The van der Waals surface area contributed by atoms with Gasteiger partial charge in [-0.3, -0.25) is 4.99 Å². The molecule has 8 heteroatoms. The van der Waals surface area contributed by atoms with E-state index in [-0.39, 0.29) is 5.54 Å². The van der Waals surface area contributed by atoms with Gasteiger partial charge in [-0.1, -0.05) is 11.8 Å². The molecule has 0 atom stereocenters. The SMILES string of the molecule is CC(C)(CN=C1NC2(CCOCC2)CS1)NS(C)(=O)=O. The molecule has 2 heterocycles. The first-order valence-corrected chi connectivity index (χ1v) is 9.60. The normalized spacial score (nSPS) is 25.1. The van der Waals surface area contributed by atoms with Crippen LogP contribution in [-0.2, 0) is 14.8 Å². The summed E-state index contributed by atoms with van der Waals surface area (Å²) in [6.07, 6.45) is 3.18. The molecule has 20 heavy (non-hydrogen) atoms. The quantitative estimate of drug-likeness (QED) is 0.791. The molecule has 0 unspecified atom stereocenters. The minimum absolute atomic E-state index is 0.121. The zero-order chi connectivity index (χ0) is 14.9. The highest BCUT2D eigenvalue weighted by Crippen LogP contribution is 2.31. The Balaban J connectivity index is 1.92. The molecule has 2 fully saturated rings. The molecule has 0 amide bonds. The number of hydrogen-bond donors (Lipinski definition) is 2. The molecule has 2 rings (SSSR count). The van der Waals surface area contributed by atoms with E-state index >= 15 is 0 Å². The number of ether oxygens (including phenoxy) is 1. The first-order valence-electron chi connectivity index (χ1n) is 6.72. The van der Waals surface area contributed by atoms with Gasteiger partial charge in [0.15, 0.2) is 5.17 Å². The molecule has 2 aliphatic rings. The molecule has 0 aliphatic carbocycles. The summed E-state index contributed by atoms with van der Waals surface area (Å²) in [7, 11) is -3.22. The second-order valence-electron chi connectivity index (χ2n) is 6.19. The van der Waals surface area contributed by atoms with Crippen molar-refractivity contribution in [3.05, 3.63) is 0 Å². The van der Waals surface area contributed by atoms with Gasteiger partial charge in [-0.15, -0.1) is 0 Å². The predicted molar refractivity (Wildman–Crippen MR) is 82.7 cm³/mol. The number of nitrogens with one attached hydrogen (secondary N) is 2. The second kappa shape index (κ2) is 5.82. The van der Waals surface area contributed by atoms with Crippen molar-refractivity contribution < 1.29 is 13.2 Å². The van der Waals surface area contributed by atoms with Crippen molar-refractivity contribution in [1.82, 2.24) is 10.0 Å². The van der Waals surface area contributed by atoms with Crippen LogP contribution < -0.4 is 10.0 Å². The van der Waals surface area contributed by atoms with Crippen molar-refractivity contribution in [3.63, 3.8) is 0 Å². The number of nitrogens with zero attached hydrogens (tertiary/aromatic N) is 1. The lowest BCUT2D eigenvalue weighted by atomic mass is 9.93. The molecule has 6 nitrogen and oxygen atoms in total. The summed E-state index contributed by atoms with van der Waals surface area (Å²) in [6.45, 7) is 5.68. The van der Waals surface area contributed by atoms with Gasteiger partial charge in [0.05, 0.1) is 18.3 Å². The summed E-state index contributed by atoms with van der Waals surface area (Å²) < 4.78 is 30.6. The lowest BCUT2D eigenvalue weighted by Crippen LogP contribution is -2.48. The largest absolute Gasteiger partial charge is 0.381 e. The van der Waals surface area contributed by atoms with E-state index in [0.29, 0.717) is 6.54 Å². The molecule has 116 valence electrons. The van der Waals surface area contributed by atoms with Gasteiger partial charge in [0.1, 0.15) is 0 Å². The summed E-state index contributed by atoms with van der Waals surface area (Å²) >= 11 is 1.71. The number of hydrogen-bond acceptors (Lipinski definition) is 5. The standard InChI is InChI=1S/C12H23N3O3S2/c1-11(2,15-20(3,16)17)8-13-10-14-12(9-19-10)4-6-18-7-5-12/h15H,4-9H2,1-3H3,(H,13,14). The zero-order valence-corrected chi connectivity index (χ0v) is 13.9. The van der Waals surface area contributed by atoms with Crippen LogP contribution in [-0.4, -0.2) is 56.4 Å². The van der Waals surface area contributed by atoms with Gasteiger partial charge < -0.3 is 10.1 Å². The Kier molecular flexibility index (Phi) is 4.68. The van der Waals surface area contributed by atoms with Crippen LogP contribution in [0.4, 0.5) is 0 Å². The third kappa shape index (κ3) is 4.61. The summed E-state index contributed by atoms with van der Waals surface area (Å²) in [5.74, 6) is 1.01. The topological polar surface area (TPSA) is 79.8 Å². The molecule has 0 aromatic carbocycles. The van der Waals surface area contributed by atoms with Crippen molar-refractivity contribution in [1.29, 1.82) is 0 Å². The monoisotopic (exact) mass is 321 g/mol. The first-order chi connectivity index (χ1) is 9.20. The summed E-state index contributed by atoms with van der Waals surface area (Å²) in [5.41, 5.74) is -0.454. The molecule has 2 saturated heterocycles. The summed E-state index contributed by atoms with van der Waals surface area (Å²) in [4.78, 5) is 4.53. The van der Waals surface area contributed by atoms with Crippen LogP contribution in [0.3, 0.4) is 0 Å². The highest BCUT2D eigenvalue weighted by molar-refractivity contribution is 8.14. The van der Waals surface area contributed by atoms with Crippen molar-refractivity contribution in [2.45, 2.75) is 37.8 Å². The first kappa shape index (κ1) is 16.1. The lowest BCUT2D eigenvalue weighted by molar-refractivity contribution is 0.0555. The number of rotatable bonds is 4. The average Bonchev–Trinajstić information content (AvgIpc) is 2.68. The summed E-state index contributed by atoms with van der Waals surface area (Å²) in [6, 6.07) is 0. The zero-order valence-electron chi connectivity index (χ0n) is 12.2. The Morgan fingerprint density at radius 2 is 2.10 bits per heavy atom. The number of amidine groups is 1. The molecule has 2 N–H and O–H groups in total. The minimum Gasteiger partial charge on any atom is -0.381 e. The highest BCUT2D eigenvalue weighted by atomic mass is 32.2. The average molecular weight is 321 g/mol. The summed E-state index contributed by atoms with van der Waals surface area (Å²) in [5, 5.41) is 4.41. The van der Waals surface area contributed by atoms with Crippen LogP contribution in [0.2, 0.25) is 0 Å². The Morgan fingerprint density at radius 3 is 2.70 bits per heavy atom. The van der Waals surface area contributed by atoms with Crippen molar-refractivity contribution in [2.75, 3.05) is 31.8 Å². The van der Waals surface area contributed by atoms with Gasteiger partial charge in [-0.25, -0.2) is 13.1 Å². The number of sulfonamides is 1. The molecular formula is C12H23N3O3S2. The third-order valence-corrected chi connectivity index (χ3v) is 5.51. The molecule has 0 aromatic heterocycles. The smallest absolute Gasteiger partial charge is 0.209 e. The minimum atomic E-state index is -3.22. The highest BCUT2D eigenvalue weighted by Gasteiger charge is 2.38. The maximum atomic E-state index is 11.3. The molecule has 1 spiro atoms. The van der Waals surface area contributed by atoms with Crippen LogP contribution in [0, 0.1) is 0 Å².